The molecule has 0 spiro atoms. The first-order chi connectivity index (χ1) is 18.8. The van der Waals surface area contributed by atoms with Crippen molar-refractivity contribution in [3.63, 3.8) is 0 Å². The van der Waals surface area contributed by atoms with Crippen molar-refractivity contribution in [2.75, 3.05) is 40.3 Å². The van der Waals surface area contributed by atoms with E-state index in [9.17, 15) is 14.4 Å². The molecule has 2 N–H and O–H groups in total. The van der Waals surface area contributed by atoms with Crippen molar-refractivity contribution in [2.24, 2.45) is 10.7 Å². The summed E-state index contributed by atoms with van der Waals surface area (Å²) in [4.78, 5) is 50.8. The second-order valence-corrected chi connectivity index (χ2v) is 9.96. The summed E-state index contributed by atoms with van der Waals surface area (Å²) in [6.07, 6.45) is 0. The number of rotatable bonds is 5. The van der Waals surface area contributed by atoms with Crippen LogP contribution in [0.5, 0.6) is 0 Å². The third kappa shape index (κ3) is 4.83. The molecule has 0 aliphatic carbocycles. The first-order valence-electron chi connectivity index (χ1n) is 12.9. The molecule has 2 aliphatic rings. The van der Waals surface area contributed by atoms with Gasteiger partial charge in [-0.05, 0) is 28.8 Å². The molecule has 5 rings (SSSR count). The highest BCUT2D eigenvalue weighted by Gasteiger charge is 2.50. The molecule has 0 aromatic heterocycles. The Bertz CT molecular complexity index is 1360. The summed E-state index contributed by atoms with van der Waals surface area (Å²) in [6, 6.07) is 26.1. The SMILES string of the molecule is CN(C)C(=O)N1CCN(C(=O)c2cccc(CN3C(=O)C(c4ccccc4)(c4ccccc4)N=C3N)c2)CC1. The summed E-state index contributed by atoms with van der Waals surface area (Å²) in [5, 5.41) is 0. The van der Waals surface area contributed by atoms with E-state index >= 15 is 0 Å². The minimum atomic E-state index is -1.27. The molecule has 200 valence electrons. The van der Waals surface area contributed by atoms with Gasteiger partial charge in [-0.1, -0.05) is 72.8 Å². The number of benzene rings is 3. The maximum absolute atomic E-state index is 14.1. The number of aliphatic imine (C=N–C) groups is 1. The van der Waals surface area contributed by atoms with E-state index in [1.54, 1.807) is 40.9 Å². The highest BCUT2D eigenvalue weighted by molar-refractivity contribution is 6.09. The van der Waals surface area contributed by atoms with Crippen LogP contribution in [0.25, 0.3) is 0 Å². The van der Waals surface area contributed by atoms with Gasteiger partial charge in [0.05, 0.1) is 6.54 Å². The van der Waals surface area contributed by atoms with Gasteiger partial charge >= 0.3 is 6.03 Å². The normalized spacial score (nSPS) is 16.7. The van der Waals surface area contributed by atoms with Crippen LogP contribution in [-0.2, 0) is 16.9 Å². The van der Waals surface area contributed by atoms with Crippen molar-refractivity contribution in [1.29, 1.82) is 0 Å². The molecule has 0 saturated carbocycles. The number of hydrogen-bond donors (Lipinski definition) is 1. The first-order valence-corrected chi connectivity index (χ1v) is 12.9. The lowest BCUT2D eigenvalue weighted by molar-refractivity contribution is -0.130. The predicted molar refractivity (Wildman–Crippen MR) is 149 cm³/mol. The number of urea groups is 1. The maximum Gasteiger partial charge on any atom is 0.319 e. The van der Waals surface area contributed by atoms with Crippen molar-refractivity contribution in [2.45, 2.75) is 12.1 Å². The van der Waals surface area contributed by atoms with Crippen LogP contribution < -0.4 is 5.73 Å². The van der Waals surface area contributed by atoms with Gasteiger partial charge in [0.1, 0.15) is 0 Å². The van der Waals surface area contributed by atoms with Gasteiger partial charge in [0.25, 0.3) is 11.8 Å². The van der Waals surface area contributed by atoms with Crippen LogP contribution in [-0.4, -0.2) is 83.7 Å². The van der Waals surface area contributed by atoms with Crippen LogP contribution in [0.4, 0.5) is 4.79 Å². The average Bonchev–Trinajstić information content (AvgIpc) is 3.23. The van der Waals surface area contributed by atoms with Crippen LogP contribution >= 0.6 is 0 Å². The lowest BCUT2D eigenvalue weighted by Crippen LogP contribution is -2.52. The van der Waals surface area contributed by atoms with Gasteiger partial charge < -0.3 is 20.4 Å². The van der Waals surface area contributed by atoms with E-state index in [0.29, 0.717) is 31.7 Å². The lowest BCUT2D eigenvalue weighted by Gasteiger charge is -2.36. The predicted octanol–water partition coefficient (Wildman–Crippen LogP) is 2.73. The smallest absolute Gasteiger partial charge is 0.319 e. The fourth-order valence-corrected chi connectivity index (χ4v) is 5.19. The largest absolute Gasteiger partial charge is 0.369 e. The zero-order valence-corrected chi connectivity index (χ0v) is 22.2. The fraction of sp³-hybridized carbons (Fsp3) is 0.267. The topological polar surface area (TPSA) is 103 Å². The molecular weight excluding hydrogens is 492 g/mol. The van der Waals surface area contributed by atoms with E-state index in [1.165, 1.54) is 4.90 Å². The van der Waals surface area contributed by atoms with Crippen molar-refractivity contribution in [3.05, 3.63) is 107 Å². The first kappa shape index (κ1) is 26.0. The van der Waals surface area contributed by atoms with Gasteiger partial charge in [-0.25, -0.2) is 9.79 Å². The summed E-state index contributed by atoms with van der Waals surface area (Å²) < 4.78 is 0. The van der Waals surface area contributed by atoms with E-state index < -0.39 is 5.54 Å². The molecule has 9 nitrogen and oxygen atoms in total. The number of carbonyl (C=O) groups excluding carboxylic acids is 3. The molecule has 1 fully saturated rings. The Morgan fingerprint density at radius 1 is 0.846 bits per heavy atom. The Morgan fingerprint density at radius 2 is 1.41 bits per heavy atom. The second kappa shape index (κ2) is 10.6. The second-order valence-electron chi connectivity index (χ2n) is 9.96. The van der Waals surface area contributed by atoms with Crippen LogP contribution in [0.2, 0.25) is 0 Å². The third-order valence-corrected chi connectivity index (χ3v) is 7.23. The van der Waals surface area contributed by atoms with E-state index in [4.69, 9.17) is 10.7 Å². The van der Waals surface area contributed by atoms with Crippen molar-refractivity contribution in [1.82, 2.24) is 19.6 Å². The Hall–Kier alpha value is -4.66. The maximum atomic E-state index is 14.1. The quantitative estimate of drug-likeness (QED) is 0.554. The molecule has 9 heteroatoms. The minimum absolute atomic E-state index is 0.0549. The standard InChI is InChI=1S/C30H32N6O3/c1-33(2)29(39)35-18-16-34(17-19-35)26(37)23-11-9-10-22(20-23)21-36-27(38)30(32-28(36)31,24-12-5-3-6-13-24)25-14-7-4-8-15-25/h3-15,20H,16-19,21H2,1-2H3,(H2,31,32). The van der Waals surface area contributed by atoms with E-state index in [1.807, 2.05) is 72.8 Å². The molecule has 0 atom stereocenters. The molecule has 2 aliphatic heterocycles. The van der Waals surface area contributed by atoms with Crippen LogP contribution in [0.1, 0.15) is 27.0 Å². The van der Waals surface area contributed by atoms with Crippen molar-refractivity contribution < 1.29 is 14.4 Å². The van der Waals surface area contributed by atoms with Crippen LogP contribution in [0.3, 0.4) is 0 Å². The number of piperazine rings is 1. The van der Waals surface area contributed by atoms with E-state index in [0.717, 1.165) is 16.7 Å². The van der Waals surface area contributed by atoms with Gasteiger partial charge in [0.2, 0.25) is 0 Å². The molecule has 3 aromatic rings. The van der Waals surface area contributed by atoms with Gasteiger partial charge in [-0.2, -0.15) is 0 Å². The van der Waals surface area contributed by atoms with Crippen molar-refractivity contribution in [3.8, 4) is 0 Å². The van der Waals surface area contributed by atoms with Crippen LogP contribution in [0, 0.1) is 0 Å². The Labute approximate surface area is 228 Å². The Balaban J connectivity index is 1.35. The highest BCUT2D eigenvalue weighted by atomic mass is 16.2. The highest BCUT2D eigenvalue weighted by Crippen LogP contribution is 2.40. The molecule has 4 amide bonds. The number of nitrogens with zero attached hydrogens (tertiary/aromatic N) is 5. The summed E-state index contributed by atoms with van der Waals surface area (Å²) in [5.74, 6) is -0.215. The molecule has 1 saturated heterocycles. The number of amides is 4. The Kier molecular flexibility index (Phi) is 7.06. The zero-order valence-electron chi connectivity index (χ0n) is 22.2. The lowest BCUT2D eigenvalue weighted by atomic mass is 9.83. The monoisotopic (exact) mass is 524 g/mol. The molecule has 2 heterocycles. The molecule has 3 aromatic carbocycles. The van der Waals surface area contributed by atoms with Gasteiger partial charge in [0.15, 0.2) is 11.5 Å². The van der Waals surface area contributed by atoms with E-state index in [-0.39, 0.29) is 30.3 Å². The summed E-state index contributed by atoms with van der Waals surface area (Å²) in [5.41, 5.74) is 7.88. The molecule has 0 radical (unpaired) electrons. The number of hydrogen-bond acceptors (Lipinski definition) is 5. The van der Waals surface area contributed by atoms with Gasteiger partial charge in [-0.15, -0.1) is 0 Å². The number of carbonyl (C=O) groups is 3. The van der Waals surface area contributed by atoms with Crippen LogP contribution in [0.15, 0.2) is 89.9 Å². The fourth-order valence-electron chi connectivity index (χ4n) is 5.19. The zero-order chi connectivity index (χ0) is 27.6. The average molecular weight is 525 g/mol. The number of guanidine groups is 1. The molecular formula is C30H32N6O3. The third-order valence-electron chi connectivity index (χ3n) is 7.23. The number of nitrogens with two attached hydrogens (primary N) is 1. The van der Waals surface area contributed by atoms with Gasteiger partial charge in [-0.3, -0.25) is 14.5 Å². The minimum Gasteiger partial charge on any atom is -0.369 e. The molecule has 0 unspecified atom stereocenters. The molecule has 39 heavy (non-hydrogen) atoms. The van der Waals surface area contributed by atoms with Gasteiger partial charge in [0, 0.05) is 45.8 Å². The summed E-state index contributed by atoms with van der Waals surface area (Å²) in [6.45, 7) is 2.08. The Morgan fingerprint density at radius 3 is 1.97 bits per heavy atom. The summed E-state index contributed by atoms with van der Waals surface area (Å²) in [7, 11) is 3.44. The molecule has 0 bridgehead atoms. The summed E-state index contributed by atoms with van der Waals surface area (Å²) >= 11 is 0. The van der Waals surface area contributed by atoms with E-state index in [2.05, 4.69) is 0 Å². The van der Waals surface area contributed by atoms with Crippen molar-refractivity contribution >= 4 is 23.8 Å².